The molecule has 0 aliphatic heterocycles. The molecule has 78 valence electrons. The van der Waals surface area contributed by atoms with E-state index in [2.05, 4.69) is 11.2 Å². The number of benzene rings is 1. The van der Waals surface area contributed by atoms with Gasteiger partial charge in [0, 0.05) is 5.56 Å². The van der Waals surface area contributed by atoms with Crippen molar-refractivity contribution in [1.29, 1.82) is 0 Å². The molecule has 0 aliphatic carbocycles. The molecule has 1 rings (SSSR count). The molecule has 0 radical (unpaired) electrons. The van der Waals surface area contributed by atoms with Gasteiger partial charge in [-0.2, -0.15) is 0 Å². The fourth-order valence-corrected chi connectivity index (χ4v) is 1.15. The molecule has 0 bridgehead atoms. The van der Waals surface area contributed by atoms with Crippen LogP contribution in [0.5, 0.6) is 0 Å². The van der Waals surface area contributed by atoms with Crippen LogP contribution in [0, 0.1) is 25.1 Å². The molecule has 15 heavy (non-hydrogen) atoms. The van der Waals surface area contributed by atoms with Gasteiger partial charge in [-0.25, -0.2) is 4.39 Å². The number of aryl methyl sites for hydroxylation is 1. The summed E-state index contributed by atoms with van der Waals surface area (Å²) in [5, 5.41) is 2.57. The first kappa shape index (κ1) is 11.3. The Labute approximate surface area is 88.5 Å². The zero-order valence-corrected chi connectivity index (χ0v) is 8.67. The average Bonchev–Trinajstić information content (AvgIpc) is 2.21. The summed E-state index contributed by atoms with van der Waals surface area (Å²) in [5.41, 5.74) is 1.04. The third kappa shape index (κ3) is 2.81. The van der Waals surface area contributed by atoms with Gasteiger partial charge in [-0.3, -0.25) is 4.79 Å². The molecule has 3 heteroatoms. The monoisotopic (exact) mass is 205 g/mol. The maximum atomic E-state index is 12.9. The van der Waals surface area contributed by atoms with Crippen LogP contribution >= 0.6 is 0 Å². The number of hydrogen-bond donors (Lipinski definition) is 1. The van der Waals surface area contributed by atoms with Crippen molar-refractivity contribution in [2.24, 2.45) is 0 Å². The van der Waals surface area contributed by atoms with E-state index < -0.39 is 5.82 Å². The number of carbonyl (C=O) groups excluding carboxylic acids is 1. The number of terminal acetylenes is 1. The highest BCUT2D eigenvalue weighted by atomic mass is 19.1. The van der Waals surface area contributed by atoms with Crippen molar-refractivity contribution in [3.05, 3.63) is 35.1 Å². The van der Waals surface area contributed by atoms with Crippen LogP contribution < -0.4 is 5.32 Å². The van der Waals surface area contributed by atoms with Gasteiger partial charge in [-0.15, -0.1) is 6.42 Å². The van der Waals surface area contributed by atoms with E-state index in [9.17, 15) is 9.18 Å². The summed E-state index contributed by atoms with van der Waals surface area (Å²) in [6.07, 6.45) is 5.13. The fourth-order valence-electron chi connectivity index (χ4n) is 1.15. The number of carbonyl (C=O) groups is 1. The molecule has 1 atom stereocenters. The molecular weight excluding hydrogens is 193 g/mol. The van der Waals surface area contributed by atoms with Gasteiger partial charge in [-0.05, 0) is 31.5 Å². The van der Waals surface area contributed by atoms with Gasteiger partial charge in [0.15, 0.2) is 0 Å². The Morgan fingerprint density at radius 2 is 2.27 bits per heavy atom. The van der Waals surface area contributed by atoms with E-state index in [1.165, 1.54) is 12.1 Å². The zero-order valence-electron chi connectivity index (χ0n) is 8.67. The van der Waals surface area contributed by atoms with E-state index in [0.29, 0.717) is 5.56 Å². The summed E-state index contributed by atoms with van der Waals surface area (Å²) in [5.74, 6) is 1.59. The van der Waals surface area contributed by atoms with Crippen LogP contribution in [0.1, 0.15) is 22.8 Å². The van der Waals surface area contributed by atoms with Crippen LogP contribution in [0.2, 0.25) is 0 Å². The van der Waals surface area contributed by atoms with Gasteiger partial charge in [0.1, 0.15) is 5.82 Å². The number of halogens is 1. The first-order valence-corrected chi connectivity index (χ1v) is 4.57. The molecule has 1 N–H and O–H groups in total. The summed E-state index contributed by atoms with van der Waals surface area (Å²) < 4.78 is 12.9. The van der Waals surface area contributed by atoms with Gasteiger partial charge in [0.25, 0.3) is 5.91 Å². The minimum Gasteiger partial charge on any atom is -0.339 e. The number of rotatable bonds is 2. The molecule has 1 amide bonds. The van der Waals surface area contributed by atoms with Crippen molar-refractivity contribution in [2.45, 2.75) is 19.9 Å². The SMILES string of the molecule is C#CC(C)NC(=O)c1cc(F)ccc1C. The van der Waals surface area contributed by atoms with Gasteiger partial charge in [0.05, 0.1) is 6.04 Å². The summed E-state index contributed by atoms with van der Waals surface area (Å²) in [4.78, 5) is 11.6. The first-order chi connectivity index (χ1) is 7.04. The summed E-state index contributed by atoms with van der Waals surface area (Å²) in [7, 11) is 0. The Morgan fingerprint density at radius 1 is 1.60 bits per heavy atom. The van der Waals surface area contributed by atoms with Crippen LogP contribution in [0.4, 0.5) is 4.39 Å². The van der Waals surface area contributed by atoms with Crippen molar-refractivity contribution in [1.82, 2.24) is 5.32 Å². The molecule has 0 aliphatic rings. The third-order valence-corrected chi connectivity index (χ3v) is 2.04. The molecule has 0 saturated heterocycles. The molecule has 1 unspecified atom stereocenters. The fraction of sp³-hybridized carbons (Fsp3) is 0.250. The topological polar surface area (TPSA) is 29.1 Å². The van der Waals surface area contributed by atoms with Crippen molar-refractivity contribution in [3.63, 3.8) is 0 Å². The number of nitrogens with one attached hydrogen (secondary N) is 1. The molecule has 0 heterocycles. The molecule has 1 aromatic rings. The van der Waals surface area contributed by atoms with Crippen LogP contribution in [-0.4, -0.2) is 11.9 Å². The lowest BCUT2D eigenvalue weighted by molar-refractivity contribution is 0.0947. The normalized spacial score (nSPS) is 11.6. The number of amides is 1. The molecule has 0 spiro atoms. The van der Waals surface area contributed by atoms with Crippen LogP contribution in [0.3, 0.4) is 0 Å². The average molecular weight is 205 g/mol. The van der Waals surface area contributed by atoms with Crippen LogP contribution in [0.15, 0.2) is 18.2 Å². The van der Waals surface area contributed by atoms with Crippen LogP contribution in [-0.2, 0) is 0 Å². The molecule has 0 fully saturated rings. The van der Waals surface area contributed by atoms with Gasteiger partial charge >= 0.3 is 0 Å². The van der Waals surface area contributed by atoms with Crippen LogP contribution in [0.25, 0.3) is 0 Å². The first-order valence-electron chi connectivity index (χ1n) is 4.57. The van der Waals surface area contributed by atoms with E-state index in [-0.39, 0.29) is 11.9 Å². The van der Waals surface area contributed by atoms with Crippen molar-refractivity contribution in [2.75, 3.05) is 0 Å². The largest absolute Gasteiger partial charge is 0.339 e. The Hall–Kier alpha value is -1.82. The Morgan fingerprint density at radius 3 is 2.87 bits per heavy atom. The lowest BCUT2D eigenvalue weighted by Gasteiger charge is -2.09. The maximum Gasteiger partial charge on any atom is 0.252 e. The second-order valence-electron chi connectivity index (χ2n) is 3.32. The van der Waals surface area contributed by atoms with E-state index in [1.807, 2.05) is 0 Å². The standard InChI is InChI=1S/C12H12FNO/c1-4-9(3)14-12(15)11-7-10(13)6-5-8(11)2/h1,5-7,9H,2-3H3,(H,14,15). The van der Waals surface area contributed by atoms with Crippen molar-refractivity contribution < 1.29 is 9.18 Å². The predicted octanol–water partition coefficient (Wildman–Crippen LogP) is 1.89. The van der Waals surface area contributed by atoms with Gasteiger partial charge < -0.3 is 5.32 Å². The summed E-state index contributed by atoms with van der Waals surface area (Å²) in [6.45, 7) is 3.43. The quantitative estimate of drug-likeness (QED) is 0.734. The van der Waals surface area contributed by atoms with E-state index in [1.54, 1.807) is 19.9 Å². The third-order valence-electron chi connectivity index (χ3n) is 2.04. The smallest absolute Gasteiger partial charge is 0.252 e. The molecule has 1 aromatic carbocycles. The van der Waals surface area contributed by atoms with E-state index >= 15 is 0 Å². The Balaban J connectivity index is 2.92. The summed E-state index contributed by atoms with van der Waals surface area (Å²) >= 11 is 0. The minimum atomic E-state index is -0.431. The molecule has 0 saturated carbocycles. The summed E-state index contributed by atoms with van der Waals surface area (Å²) in [6, 6.07) is 3.72. The molecule has 2 nitrogen and oxygen atoms in total. The second kappa shape index (κ2) is 4.61. The van der Waals surface area contributed by atoms with E-state index in [4.69, 9.17) is 6.42 Å². The van der Waals surface area contributed by atoms with Gasteiger partial charge in [-0.1, -0.05) is 12.0 Å². The molecular formula is C12H12FNO. The minimum absolute atomic E-state index is 0.317. The highest BCUT2D eigenvalue weighted by molar-refractivity contribution is 5.95. The number of hydrogen-bond acceptors (Lipinski definition) is 1. The highest BCUT2D eigenvalue weighted by Gasteiger charge is 2.11. The molecule has 0 aromatic heterocycles. The van der Waals surface area contributed by atoms with Gasteiger partial charge in [0.2, 0.25) is 0 Å². The highest BCUT2D eigenvalue weighted by Crippen LogP contribution is 2.10. The predicted molar refractivity (Wildman–Crippen MR) is 56.9 cm³/mol. The maximum absolute atomic E-state index is 12.9. The Bertz CT molecular complexity index is 420. The van der Waals surface area contributed by atoms with Crippen molar-refractivity contribution >= 4 is 5.91 Å². The second-order valence-corrected chi connectivity index (χ2v) is 3.32. The zero-order chi connectivity index (χ0) is 11.4. The Kier molecular flexibility index (Phi) is 3.46. The van der Waals surface area contributed by atoms with Crippen molar-refractivity contribution in [3.8, 4) is 12.3 Å². The van der Waals surface area contributed by atoms with E-state index in [0.717, 1.165) is 5.56 Å². The lowest BCUT2D eigenvalue weighted by Crippen LogP contribution is -2.31. The lowest BCUT2D eigenvalue weighted by atomic mass is 10.1.